The summed E-state index contributed by atoms with van der Waals surface area (Å²) in [5.74, 6) is -1.31. The third kappa shape index (κ3) is 4.14. The summed E-state index contributed by atoms with van der Waals surface area (Å²) in [5, 5.41) is 14.8. The maximum Gasteiger partial charge on any atom is 0.319 e. The van der Waals surface area contributed by atoms with Crippen LogP contribution in [0.3, 0.4) is 0 Å². The van der Waals surface area contributed by atoms with Crippen LogP contribution in [0.25, 0.3) is 0 Å². The topological polar surface area (TPSA) is 78.4 Å². The van der Waals surface area contributed by atoms with Crippen LogP contribution in [0.2, 0.25) is 0 Å². The fourth-order valence-corrected chi connectivity index (χ4v) is 3.23. The molecule has 1 aliphatic carbocycles. The molecule has 2 amide bonds. The molecule has 2 rings (SSSR count). The molecule has 6 heteroatoms. The van der Waals surface area contributed by atoms with Crippen molar-refractivity contribution >= 4 is 29.4 Å². The van der Waals surface area contributed by atoms with Crippen molar-refractivity contribution in [2.75, 3.05) is 11.6 Å². The van der Waals surface area contributed by atoms with Gasteiger partial charge in [0.2, 0.25) is 0 Å². The lowest BCUT2D eigenvalue weighted by atomic mass is 9.84. The number of anilines is 1. The largest absolute Gasteiger partial charge is 0.481 e. The summed E-state index contributed by atoms with van der Waals surface area (Å²) >= 11 is 1.55. The van der Waals surface area contributed by atoms with Gasteiger partial charge in [-0.2, -0.15) is 0 Å². The first-order valence-corrected chi connectivity index (χ1v) is 8.27. The number of carboxylic acid groups (broad SMARTS) is 1. The summed E-state index contributed by atoms with van der Waals surface area (Å²) in [7, 11) is 0. The first-order valence-electron chi connectivity index (χ1n) is 7.05. The molecule has 5 nitrogen and oxygen atoms in total. The zero-order valence-corrected chi connectivity index (χ0v) is 12.8. The average molecular weight is 308 g/mol. The van der Waals surface area contributed by atoms with Crippen molar-refractivity contribution in [2.24, 2.45) is 5.92 Å². The fraction of sp³-hybridized carbons (Fsp3) is 0.467. The van der Waals surface area contributed by atoms with Gasteiger partial charge in [0.25, 0.3) is 0 Å². The molecule has 2 atom stereocenters. The molecular formula is C15H20N2O3S. The van der Waals surface area contributed by atoms with Crippen LogP contribution in [0.5, 0.6) is 0 Å². The molecule has 21 heavy (non-hydrogen) atoms. The van der Waals surface area contributed by atoms with Gasteiger partial charge in [0.15, 0.2) is 0 Å². The number of hydrogen-bond donors (Lipinski definition) is 3. The number of rotatable bonds is 4. The number of carbonyl (C=O) groups excluding carboxylic acids is 1. The minimum absolute atomic E-state index is 0.294. The summed E-state index contributed by atoms with van der Waals surface area (Å²) in [5.41, 5.74) is 0.741. The number of amides is 2. The van der Waals surface area contributed by atoms with Crippen LogP contribution in [0.4, 0.5) is 10.5 Å². The van der Waals surface area contributed by atoms with Gasteiger partial charge in [0.05, 0.1) is 11.6 Å². The van der Waals surface area contributed by atoms with Crippen molar-refractivity contribution in [2.45, 2.75) is 36.6 Å². The number of nitrogens with one attached hydrogen (secondary N) is 2. The Hall–Kier alpha value is -1.69. The van der Waals surface area contributed by atoms with Crippen molar-refractivity contribution in [1.29, 1.82) is 0 Å². The van der Waals surface area contributed by atoms with E-state index >= 15 is 0 Å². The van der Waals surface area contributed by atoms with E-state index in [0.29, 0.717) is 12.8 Å². The van der Waals surface area contributed by atoms with Gasteiger partial charge in [-0.25, -0.2) is 4.79 Å². The second-order valence-electron chi connectivity index (χ2n) is 5.13. The molecule has 1 aliphatic rings. The molecule has 0 saturated heterocycles. The van der Waals surface area contributed by atoms with E-state index in [9.17, 15) is 14.7 Å². The lowest BCUT2D eigenvalue weighted by Gasteiger charge is -2.29. The van der Waals surface area contributed by atoms with Gasteiger partial charge in [0, 0.05) is 10.9 Å². The predicted molar refractivity (Wildman–Crippen MR) is 83.8 cm³/mol. The van der Waals surface area contributed by atoms with Gasteiger partial charge in [-0.15, -0.1) is 11.8 Å². The van der Waals surface area contributed by atoms with Gasteiger partial charge in [-0.1, -0.05) is 25.0 Å². The molecule has 0 bridgehead atoms. The van der Waals surface area contributed by atoms with E-state index in [-0.39, 0.29) is 12.1 Å². The van der Waals surface area contributed by atoms with Gasteiger partial charge in [-0.05, 0) is 31.2 Å². The van der Waals surface area contributed by atoms with Crippen LogP contribution in [0, 0.1) is 5.92 Å². The van der Waals surface area contributed by atoms with Crippen LogP contribution in [0.1, 0.15) is 25.7 Å². The van der Waals surface area contributed by atoms with E-state index in [1.807, 2.05) is 30.5 Å². The highest BCUT2D eigenvalue weighted by Gasteiger charge is 2.31. The quantitative estimate of drug-likeness (QED) is 0.747. The number of urea groups is 1. The SMILES string of the molecule is CSc1ccccc1NC(=O)NC1CCCCC1C(=O)O. The molecule has 2 unspecified atom stereocenters. The zero-order valence-electron chi connectivity index (χ0n) is 12.0. The predicted octanol–water partition coefficient (Wildman–Crippen LogP) is 3.17. The first-order chi connectivity index (χ1) is 10.1. The molecule has 1 saturated carbocycles. The fourth-order valence-electron chi connectivity index (χ4n) is 2.67. The molecule has 1 aromatic carbocycles. The molecular weight excluding hydrogens is 288 g/mol. The second-order valence-corrected chi connectivity index (χ2v) is 5.98. The number of carboxylic acids is 1. The Labute approximate surface area is 128 Å². The third-order valence-electron chi connectivity index (χ3n) is 3.75. The number of aliphatic carboxylic acids is 1. The maximum absolute atomic E-state index is 12.1. The monoisotopic (exact) mass is 308 g/mol. The van der Waals surface area contributed by atoms with E-state index in [1.165, 1.54) is 0 Å². The Kier molecular flexibility index (Phi) is 5.50. The number of para-hydroxylation sites is 1. The number of carbonyl (C=O) groups is 2. The van der Waals surface area contributed by atoms with Gasteiger partial charge < -0.3 is 15.7 Å². The standard InChI is InChI=1S/C15H20N2O3S/c1-21-13-9-5-4-8-12(13)17-15(20)16-11-7-3-2-6-10(11)14(18)19/h4-5,8-11H,2-3,6-7H2,1H3,(H,18,19)(H2,16,17,20). The van der Waals surface area contributed by atoms with E-state index < -0.39 is 11.9 Å². The van der Waals surface area contributed by atoms with E-state index in [4.69, 9.17) is 0 Å². The van der Waals surface area contributed by atoms with E-state index in [1.54, 1.807) is 11.8 Å². The summed E-state index contributed by atoms with van der Waals surface area (Å²) in [6.45, 7) is 0. The molecule has 0 spiro atoms. The average Bonchev–Trinajstić information content (AvgIpc) is 2.48. The molecule has 1 aromatic rings. The lowest BCUT2D eigenvalue weighted by Crippen LogP contribution is -2.46. The van der Waals surface area contributed by atoms with Crippen molar-refractivity contribution in [3.05, 3.63) is 24.3 Å². The Balaban J connectivity index is 1.99. The Morgan fingerprint density at radius 2 is 1.95 bits per heavy atom. The van der Waals surface area contributed by atoms with Crippen LogP contribution >= 0.6 is 11.8 Å². The summed E-state index contributed by atoms with van der Waals surface area (Å²) < 4.78 is 0. The van der Waals surface area contributed by atoms with Crippen LogP contribution in [0.15, 0.2) is 29.2 Å². The highest BCUT2D eigenvalue weighted by molar-refractivity contribution is 7.98. The van der Waals surface area contributed by atoms with E-state index in [0.717, 1.165) is 23.4 Å². The number of benzene rings is 1. The molecule has 0 heterocycles. The molecule has 1 fully saturated rings. The van der Waals surface area contributed by atoms with Crippen molar-refractivity contribution in [1.82, 2.24) is 5.32 Å². The summed E-state index contributed by atoms with van der Waals surface area (Å²) in [6.07, 6.45) is 5.15. The number of hydrogen-bond acceptors (Lipinski definition) is 3. The van der Waals surface area contributed by atoms with Crippen LogP contribution in [-0.2, 0) is 4.79 Å². The van der Waals surface area contributed by atoms with Gasteiger partial charge in [0.1, 0.15) is 0 Å². The Morgan fingerprint density at radius 3 is 2.67 bits per heavy atom. The lowest BCUT2D eigenvalue weighted by molar-refractivity contribution is -0.143. The van der Waals surface area contributed by atoms with Crippen LogP contribution in [-0.4, -0.2) is 29.4 Å². The molecule has 0 aliphatic heterocycles. The highest BCUT2D eigenvalue weighted by Crippen LogP contribution is 2.26. The van der Waals surface area contributed by atoms with E-state index in [2.05, 4.69) is 10.6 Å². The Bertz CT molecular complexity index is 521. The minimum atomic E-state index is -0.829. The Morgan fingerprint density at radius 1 is 1.24 bits per heavy atom. The first kappa shape index (κ1) is 15.7. The third-order valence-corrected chi connectivity index (χ3v) is 4.55. The normalized spacial score (nSPS) is 21.6. The van der Waals surface area contributed by atoms with Crippen molar-refractivity contribution < 1.29 is 14.7 Å². The highest BCUT2D eigenvalue weighted by atomic mass is 32.2. The molecule has 3 N–H and O–H groups in total. The number of thioether (sulfide) groups is 1. The maximum atomic E-state index is 12.1. The van der Waals surface area contributed by atoms with Gasteiger partial charge in [-0.3, -0.25) is 4.79 Å². The van der Waals surface area contributed by atoms with Crippen LogP contribution < -0.4 is 10.6 Å². The van der Waals surface area contributed by atoms with Crippen molar-refractivity contribution in [3.8, 4) is 0 Å². The smallest absolute Gasteiger partial charge is 0.319 e. The zero-order chi connectivity index (χ0) is 15.2. The molecule has 0 radical (unpaired) electrons. The summed E-state index contributed by atoms with van der Waals surface area (Å²) in [4.78, 5) is 24.3. The van der Waals surface area contributed by atoms with Gasteiger partial charge >= 0.3 is 12.0 Å². The summed E-state index contributed by atoms with van der Waals surface area (Å²) in [6, 6.07) is 6.90. The molecule has 0 aromatic heterocycles. The van der Waals surface area contributed by atoms with Crippen molar-refractivity contribution in [3.63, 3.8) is 0 Å². The second kappa shape index (κ2) is 7.36. The minimum Gasteiger partial charge on any atom is -0.481 e. The molecule has 114 valence electrons.